The first-order valence-electron chi connectivity index (χ1n) is 8.55. The Morgan fingerprint density at radius 1 is 1.31 bits per heavy atom. The fourth-order valence-electron chi connectivity index (χ4n) is 2.76. The van der Waals surface area contributed by atoms with Crippen molar-refractivity contribution < 1.29 is 22.7 Å². The Labute approximate surface area is 159 Å². The van der Waals surface area contributed by atoms with E-state index >= 15 is 0 Å². The third kappa shape index (κ3) is 5.57. The van der Waals surface area contributed by atoms with Crippen LogP contribution in [0.1, 0.15) is 26.2 Å². The minimum atomic E-state index is -3.55. The Morgan fingerprint density at radius 2 is 2.00 bits per heavy atom. The van der Waals surface area contributed by atoms with Gasteiger partial charge in [0.05, 0.1) is 16.5 Å². The number of nitrogens with one attached hydrogen (secondary N) is 1. The average molecular weight is 405 g/mol. The van der Waals surface area contributed by atoms with Crippen molar-refractivity contribution in [3.63, 3.8) is 0 Å². The lowest BCUT2D eigenvalue weighted by Crippen LogP contribution is -2.38. The summed E-state index contributed by atoms with van der Waals surface area (Å²) in [4.78, 5) is 11.9. The van der Waals surface area contributed by atoms with E-state index in [1.807, 2.05) is 6.92 Å². The lowest BCUT2D eigenvalue weighted by Gasteiger charge is -2.26. The third-order valence-corrected chi connectivity index (χ3v) is 6.23. The number of carbonyl (C=O) groups is 1. The maximum absolute atomic E-state index is 12.7. The van der Waals surface area contributed by atoms with Gasteiger partial charge in [-0.3, -0.25) is 4.79 Å². The highest BCUT2D eigenvalue weighted by Crippen LogP contribution is 2.29. The predicted molar refractivity (Wildman–Crippen MR) is 99.0 cm³/mol. The van der Waals surface area contributed by atoms with Crippen LogP contribution < -0.4 is 10.1 Å². The van der Waals surface area contributed by atoms with Crippen molar-refractivity contribution in [3.05, 3.63) is 23.2 Å². The Bertz CT molecular complexity index is 720. The minimum absolute atomic E-state index is 0.134. The maximum Gasteiger partial charge on any atom is 0.258 e. The topological polar surface area (TPSA) is 84.9 Å². The Balaban J connectivity index is 1.99. The molecule has 146 valence electrons. The molecule has 7 nitrogen and oxygen atoms in total. The quantitative estimate of drug-likeness (QED) is 0.716. The molecule has 0 unspecified atom stereocenters. The molecule has 1 amide bonds. The summed E-state index contributed by atoms with van der Waals surface area (Å²) in [7, 11) is -2.00. The van der Waals surface area contributed by atoms with Crippen LogP contribution in [0.3, 0.4) is 0 Å². The van der Waals surface area contributed by atoms with Crippen molar-refractivity contribution in [2.75, 3.05) is 33.4 Å². The molecule has 2 rings (SSSR count). The normalized spacial score (nSPS) is 16.9. The molecule has 1 aliphatic heterocycles. The second kappa shape index (κ2) is 9.55. The van der Waals surface area contributed by atoms with E-state index in [9.17, 15) is 13.2 Å². The first-order chi connectivity index (χ1) is 12.3. The number of amides is 1. The molecule has 1 saturated heterocycles. The molecule has 1 N–H and O–H groups in total. The van der Waals surface area contributed by atoms with E-state index in [0.717, 1.165) is 19.3 Å². The molecule has 1 aromatic rings. The van der Waals surface area contributed by atoms with E-state index in [-0.39, 0.29) is 34.2 Å². The summed E-state index contributed by atoms with van der Waals surface area (Å²) in [6.45, 7) is 3.05. The summed E-state index contributed by atoms with van der Waals surface area (Å²) in [6, 6.07) is 4.16. The number of halogens is 1. The molecule has 0 spiro atoms. The van der Waals surface area contributed by atoms with E-state index in [0.29, 0.717) is 19.7 Å². The van der Waals surface area contributed by atoms with Crippen LogP contribution in [0.5, 0.6) is 5.75 Å². The van der Waals surface area contributed by atoms with E-state index < -0.39 is 10.0 Å². The van der Waals surface area contributed by atoms with Gasteiger partial charge in [0, 0.05) is 26.2 Å². The summed E-state index contributed by atoms with van der Waals surface area (Å²) < 4.78 is 37.1. The Hall–Kier alpha value is -1.35. The van der Waals surface area contributed by atoms with Gasteiger partial charge >= 0.3 is 0 Å². The van der Waals surface area contributed by atoms with Crippen LogP contribution in [-0.4, -0.2) is 58.1 Å². The monoisotopic (exact) mass is 404 g/mol. The predicted octanol–water partition coefficient (Wildman–Crippen LogP) is 2.04. The molecule has 0 aliphatic carbocycles. The van der Waals surface area contributed by atoms with E-state index in [4.69, 9.17) is 21.1 Å². The molecule has 26 heavy (non-hydrogen) atoms. The van der Waals surface area contributed by atoms with Crippen LogP contribution in [0.25, 0.3) is 0 Å². The summed E-state index contributed by atoms with van der Waals surface area (Å²) in [6.07, 6.45) is 2.78. The van der Waals surface area contributed by atoms with E-state index in [1.165, 1.54) is 22.5 Å². The van der Waals surface area contributed by atoms with Gasteiger partial charge in [0.25, 0.3) is 5.91 Å². The molecular formula is C17H25ClN2O5S. The van der Waals surface area contributed by atoms with Crippen molar-refractivity contribution in [1.29, 1.82) is 0 Å². The standard InChI is InChI=1S/C17H25ClN2O5S/c1-13(11-24-2)19-17(21)12-25-16-7-6-14(10-15(16)18)26(22,23)20-8-4-3-5-9-20/h6-7,10,13H,3-5,8-9,11-12H2,1-2H3,(H,19,21)/t13-/m1/s1. The van der Waals surface area contributed by atoms with E-state index in [1.54, 1.807) is 7.11 Å². The number of rotatable bonds is 8. The van der Waals surface area contributed by atoms with Gasteiger partial charge in [0.1, 0.15) is 5.75 Å². The molecule has 9 heteroatoms. The van der Waals surface area contributed by atoms with Crippen molar-refractivity contribution in [2.45, 2.75) is 37.1 Å². The van der Waals surface area contributed by atoms with Gasteiger partial charge in [-0.2, -0.15) is 4.31 Å². The number of sulfonamides is 1. The molecule has 1 aliphatic rings. The molecule has 0 bridgehead atoms. The highest BCUT2D eigenvalue weighted by atomic mass is 35.5. The fourth-order valence-corrected chi connectivity index (χ4v) is 4.61. The lowest BCUT2D eigenvalue weighted by atomic mass is 10.2. The highest BCUT2D eigenvalue weighted by molar-refractivity contribution is 7.89. The Morgan fingerprint density at radius 3 is 2.62 bits per heavy atom. The van der Waals surface area contributed by atoms with Crippen LogP contribution in [-0.2, 0) is 19.6 Å². The van der Waals surface area contributed by atoms with E-state index in [2.05, 4.69) is 5.32 Å². The molecule has 1 heterocycles. The van der Waals surface area contributed by atoms with Gasteiger partial charge in [-0.15, -0.1) is 0 Å². The summed E-state index contributed by atoms with van der Waals surface area (Å²) in [5, 5.41) is 2.87. The number of hydrogen-bond donors (Lipinski definition) is 1. The summed E-state index contributed by atoms with van der Waals surface area (Å²) >= 11 is 6.15. The Kier molecular flexibility index (Phi) is 7.69. The van der Waals surface area contributed by atoms with Crippen molar-refractivity contribution in [2.24, 2.45) is 0 Å². The summed E-state index contributed by atoms with van der Waals surface area (Å²) in [5.74, 6) is -0.0468. The molecule has 0 saturated carbocycles. The largest absolute Gasteiger partial charge is 0.482 e. The number of methoxy groups -OCH3 is 1. The molecule has 1 aromatic carbocycles. The van der Waals surface area contributed by atoms with Gasteiger partial charge < -0.3 is 14.8 Å². The average Bonchev–Trinajstić information content (AvgIpc) is 2.61. The van der Waals surface area contributed by atoms with Crippen LogP contribution in [0.4, 0.5) is 0 Å². The molecule has 0 aromatic heterocycles. The third-order valence-electron chi connectivity index (χ3n) is 4.04. The molecular weight excluding hydrogens is 380 g/mol. The van der Waals surface area contributed by atoms with Gasteiger partial charge in [-0.1, -0.05) is 18.0 Å². The zero-order valence-corrected chi connectivity index (χ0v) is 16.6. The number of hydrogen-bond acceptors (Lipinski definition) is 5. The van der Waals surface area contributed by atoms with Crippen molar-refractivity contribution in [1.82, 2.24) is 9.62 Å². The summed E-state index contributed by atoms with van der Waals surface area (Å²) in [5.41, 5.74) is 0. The number of ether oxygens (including phenoxy) is 2. The second-order valence-electron chi connectivity index (χ2n) is 6.27. The van der Waals surface area contributed by atoms with Crippen LogP contribution >= 0.6 is 11.6 Å². The zero-order valence-electron chi connectivity index (χ0n) is 15.0. The van der Waals surface area contributed by atoms with Gasteiger partial charge in [0.2, 0.25) is 10.0 Å². The number of benzene rings is 1. The fraction of sp³-hybridized carbons (Fsp3) is 0.588. The first kappa shape index (κ1) is 21.0. The number of piperidine rings is 1. The zero-order chi connectivity index (χ0) is 19.2. The molecule has 1 fully saturated rings. The smallest absolute Gasteiger partial charge is 0.258 e. The lowest BCUT2D eigenvalue weighted by molar-refractivity contribution is -0.124. The van der Waals surface area contributed by atoms with Gasteiger partial charge in [-0.25, -0.2) is 8.42 Å². The number of nitrogens with zero attached hydrogens (tertiary/aromatic N) is 1. The number of carbonyl (C=O) groups excluding carboxylic acids is 1. The van der Waals surface area contributed by atoms with Crippen LogP contribution in [0, 0.1) is 0 Å². The van der Waals surface area contributed by atoms with Crippen LogP contribution in [0.2, 0.25) is 5.02 Å². The second-order valence-corrected chi connectivity index (χ2v) is 8.61. The van der Waals surface area contributed by atoms with Crippen LogP contribution in [0.15, 0.2) is 23.1 Å². The minimum Gasteiger partial charge on any atom is -0.482 e. The first-order valence-corrected chi connectivity index (χ1v) is 10.4. The maximum atomic E-state index is 12.7. The van der Waals surface area contributed by atoms with Gasteiger partial charge in [-0.05, 0) is 38.0 Å². The molecule has 1 atom stereocenters. The van der Waals surface area contributed by atoms with Crippen molar-refractivity contribution >= 4 is 27.5 Å². The SMILES string of the molecule is COC[C@@H](C)NC(=O)COc1ccc(S(=O)(=O)N2CCCCC2)cc1Cl. The highest BCUT2D eigenvalue weighted by Gasteiger charge is 2.26. The van der Waals surface area contributed by atoms with Crippen molar-refractivity contribution in [3.8, 4) is 5.75 Å². The van der Waals surface area contributed by atoms with Gasteiger partial charge in [0.15, 0.2) is 6.61 Å². The molecule has 0 radical (unpaired) electrons.